The van der Waals surface area contributed by atoms with Crippen LogP contribution in [-0.4, -0.2) is 0 Å². The van der Waals surface area contributed by atoms with Crippen LogP contribution < -0.4 is 0 Å². The Labute approximate surface area is 62.6 Å². The summed E-state index contributed by atoms with van der Waals surface area (Å²) in [4.78, 5) is 0. The van der Waals surface area contributed by atoms with Crippen molar-refractivity contribution in [2.75, 3.05) is 0 Å². The number of allylic oxidation sites excluding steroid dienone is 4. The molecule has 0 N–H and O–H groups in total. The van der Waals surface area contributed by atoms with Gasteiger partial charge in [0.2, 0.25) is 0 Å². The largest absolute Gasteiger partial charge is 0.0885 e. The Hall–Kier alpha value is -0.520. The highest BCUT2D eigenvalue weighted by Gasteiger charge is 2.21. The van der Waals surface area contributed by atoms with Crippen molar-refractivity contribution < 1.29 is 0 Å². The highest BCUT2D eigenvalue weighted by molar-refractivity contribution is 5.05. The monoisotopic (exact) mass is 134 g/mol. The minimum absolute atomic E-state index is 0.912. The number of hydrogen-bond acceptors (Lipinski definition) is 0. The fourth-order valence-electron chi connectivity index (χ4n) is 2.04. The molecular formula is C10H14. The molecule has 54 valence electrons. The fraction of sp³-hybridized carbons (Fsp3) is 0.600. The van der Waals surface area contributed by atoms with Crippen molar-refractivity contribution in [1.29, 1.82) is 0 Å². The van der Waals surface area contributed by atoms with E-state index in [-0.39, 0.29) is 0 Å². The maximum atomic E-state index is 2.41. The van der Waals surface area contributed by atoms with Gasteiger partial charge in [-0.05, 0) is 37.5 Å². The summed E-state index contributed by atoms with van der Waals surface area (Å²) in [7, 11) is 0. The molecule has 2 aliphatic carbocycles. The van der Waals surface area contributed by atoms with Crippen LogP contribution in [0.5, 0.6) is 0 Å². The van der Waals surface area contributed by atoms with E-state index in [2.05, 4.69) is 24.3 Å². The predicted octanol–water partition coefficient (Wildman–Crippen LogP) is 2.92. The lowest BCUT2D eigenvalue weighted by Crippen LogP contribution is -2.04. The summed E-state index contributed by atoms with van der Waals surface area (Å²) in [5.41, 5.74) is 0. The molecule has 0 nitrogen and oxygen atoms in total. The second kappa shape index (κ2) is 2.61. The lowest BCUT2D eigenvalue weighted by molar-refractivity contribution is 0.417. The van der Waals surface area contributed by atoms with Gasteiger partial charge < -0.3 is 0 Å². The van der Waals surface area contributed by atoms with Crippen molar-refractivity contribution in [2.24, 2.45) is 11.8 Å². The maximum Gasteiger partial charge on any atom is -0.0196 e. The first-order chi connectivity index (χ1) is 4.97. The second-order valence-corrected chi connectivity index (χ2v) is 3.37. The van der Waals surface area contributed by atoms with E-state index in [9.17, 15) is 0 Å². The van der Waals surface area contributed by atoms with Crippen molar-refractivity contribution >= 4 is 0 Å². The maximum absolute atomic E-state index is 2.41. The Balaban J connectivity index is 2.06. The zero-order chi connectivity index (χ0) is 6.81. The first-order valence-corrected chi connectivity index (χ1v) is 4.28. The number of hydrogen-bond donors (Lipinski definition) is 0. The van der Waals surface area contributed by atoms with Crippen LogP contribution in [0.25, 0.3) is 0 Å². The Morgan fingerprint density at radius 2 is 1.90 bits per heavy atom. The third-order valence-corrected chi connectivity index (χ3v) is 2.70. The zero-order valence-corrected chi connectivity index (χ0v) is 6.29. The van der Waals surface area contributed by atoms with Gasteiger partial charge in [0.1, 0.15) is 0 Å². The molecule has 0 aromatic carbocycles. The molecule has 0 bridgehead atoms. The Morgan fingerprint density at radius 3 is 2.90 bits per heavy atom. The van der Waals surface area contributed by atoms with Gasteiger partial charge in [0.25, 0.3) is 0 Å². The van der Waals surface area contributed by atoms with Crippen LogP contribution in [0, 0.1) is 11.8 Å². The van der Waals surface area contributed by atoms with Gasteiger partial charge in [-0.25, -0.2) is 0 Å². The van der Waals surface area contributed by atoms with Crippen LogP contribution in [0.4, 0.5) is 0 Å². The van der Waals surface area contributed by atoms with Gasteiger partial charge >= 0.3 is 0 Å². The van der Waals surface area contributed by atoms with E-state index >= 15 is 0 Å². The van der Waals surface area contributed by atoms with E-state index in [0.29, 0.717) is 0 Å². The normalized spacial score (nSPS) is 37.6. The molecule has 2 aliphatic rings. The first-order valence-electron chi connectivity index (χ1n) is 4.28. The molecule has 0 fully saturated rings. The highest BCUT2D eigenvalue weighted by atomic mass is 14.3. The lowest BCUT2D eigenvalue weighted by Gasteiger charge is -2.13. The summed E-state index contributed by atoms with van der Waals surface area (Å²) in [5.74, 6) is 1.87. The molecule has 0 spiro atoms. The van der Waals surface area contributed by atoms with Gasteiger partial charge in [-0.2, -0.15) is 0 Å². The molecule has 0 amide bonds. The minimum atomic E-state index is 0.912. The second-order valence-electron chi connectivity index (χ2n) is 3.37. The fourth-order valence-corrected chi connectivity index (χ4v) is 2.04. The Morgan fingerprint density at radius 1 is 1.00 bits per heavy atom. The average Bonchev–Trinajstić information content (AvgIpc) is 2.28. The summed E-state index contributed by atoms with van der Waals surface area (Å²) < 4.78 is 0. The Kier molecular flexibility index (Phi) is 1.62. The van der Waals surface area contributed by atoms with Crippen molar-refractivity contribution in [1.82, 2.24) is 0 Å². The summed E-state index contributed by atoms with van der Waals surface area (Å²) in [6.07, 6.45) is 14.8. The van der Waals surface area contributed by atoms with Crippen molar-refractivity contribution in [2.45, 2.75) is 25.7 Å². The van der Waals surface area contributed by atoms with Crippen LogP contribution in [-0.2, 0) is 0 Å². The molecule has 0 radical (unpaired) electrons. The molecule has 0 heteroatoms. The predicted molar refractivity (Wildman–Crippen MR) is 43.7 cm³/mol. The van der Waals surface area contributed by atoms with E-state index in [1.807, 2.05) is 0 Å². The zero-order valence-electron chi connectivity index (χ0n) is 6.29. The molecule has 0 aromatic heterocycles. The van der Waals surface area contributed by atoms with Crippen LogP contribution in [0.2, 0.25) is 0 Å². The number of rotatable bonds is 0. The van der Waals surface area contributed by atoms with E-state index in [1.165, 1.54) is 25.7 Å². The van der Waals surface area contributed by atoms with Gasteiger partial charge in [0.15, 0.2) is 0 Å². The molecular weight excluding hydrogens is 120 g/mol. The summed E-state index contributed by atoms with van der Waals surface area (Å²) >= 11 is 0. The van der Waals surface area contributed by atoms with Gasteiger partial charge in [0.05, 0.1) is 0 Å². The molecule has 0 aromatic rings. The van der Waals surface area contributed by atoms with E-state index in [4.69, 9.17) is 0 Å². The minimum Gasteiger partial charge on any atom is -0.0885 e. The number of fused-ring (bicyclic) bond motifs is 1. The summed E-state index contributed by atoms with van der Waals surface area (Å²) in [6.45, 7) is 0. The molecule has 2 rings (SSSR count). The molecule has 10 heavy (non-hydrogen) atoms. The van der Waals surface area contributed by atoms with Crippen molar-refractivity contribution in [3.8, 4) is 0 Å². The first kappa shape index (κ1) is 6.21. The molecule has 0 saturated carbocycles. The van der Waals surface area contributed by atoms with Crippen molar-refractivity contribution in [3.63, 3.8) is 0 Å². The molecule has 0 saturated heterocycles. The van der Waals surface area contributed by atoms with Crippen LogP contribution >= 0.6 is 0 Å². The highest BCUT2D eigenvalue weighted by Crippen LogP contribution is 2.33. The van der Waals surface area contributed by atoms with Gasteiger partial charge in [0, 0.05) is 0 Å². The molecule has 2 unspecified atom stereocenters. The van der Waals surface area contributed by atoms with Crippen molar-refractivity contribution in [3.05, 3.63) is 24.3 Å². The van der Waals surface area contributed by atoms with Crippen LogP contribution in [0.15, 0.2) is 24.3 Å². The van der Waals surface area contributed by atoms with E-state index in [1.54, 1.807) is 0 Å². The van der Waals surface area contributed by atoms with Gasteiger partial charge in [-0.3, -0.25) is 0 Å². The summed E-state index contributed by atoms with van der Waals surface area (Å²) in [6, 6.07) is 0. The quantitative estimate of drug-likeness (QED) is 0.447. The van der Waals surface area contributed by atoms with Gasteiger partial charge in [-0.1, -0.05) is 24.3 Å². The van der Waals surface area contributed by atoms with Gasteiger partial charge in [-0.15, -0.1) is 0 Å². The molecule has 2 atom stereocenters. The van der Waals surface area contributed by atoms with E-state index < -0.39 is 0 Å². The third-order valence-electron chi connectivity index (χ3n) is 2.70. The summed E-state index contributed by atoms with van der Waals surface area (Å²) in [5, 5.41) is 0. The average molecular weight is 134 g/mol. The standard InChI is InChI=1S/C10H14/c1-2-5-9-7-4-8-10(9)6-3-1/h1-2,4,8-10H,3,5-7H2. The van der Waals surface area contributed by atoms with Crippen LogP contribution in [0.3, 0.4) is 0 Å². The topological polar surface area (TPSA) is 0 Å². The van der Waals surface area contributed by atoms with Crippen LogP contribution in [0.1, 0.15) is 25.7 Å². The third kappa shape index (κ3) is 1.03. The SMILES string of the molecule is C1=CCC2CC=CC2CC1. The lowest BCUT2D eigenvalue weighted by atomic mass is 9.91. The Bertz CT molecular complexity index is 165. The molecule has 0 heterocycles. The van der Waals surface area contributed by atoms with E-state index in [0.717, 1.165) is 11.8 Å². The molecule has 0 aliphatic heterocycles. The smallest absolute Gasteiger partial charge is 0.0196 e.